The second-order valence-electron chi connectivity index (χ2n) is 3.54. The summed E-state index contributed by atoms with van der Waals surface area (Å²) >= 11 is 5.76. The van der Waals surface area contributed by atoms with Crippen molar-refractivity contribution in [3.63, 3.8) is 0 Å². The molecule has 0 amide bonds. The van der Waals surface area contributed by atoms with Crippen LogP contribution in [0.2, 0.25) is 5.02 Å². The van der Waals surface area contributed by atoms with Gasteiger partial charge in [0, 0.05) is 12.1 Å². The molecule has 90 valence electrons. The molecule has 0 aliphatic rings. The van der Waals surface area contributed by atoms with Gasteiger partial charge in [-0.15, -0.1) is 0 Å². The summed E-state index contributed by atoms with van der Waals surface area (Å²) in [6.07, 6.45) is 0. The van der Waals surface area contributed by atoms with Gasteiger partial charge in [-0.3, -0.25) is 4.72 Å². The zero-order valence-electron chi connectivity index (χ0n) is 8.86. The number of phenolic OH excluding ortho intramolecular Hbond substituents is 1. The molecule has 3 N–H and O–H groups in total. The molecule has 5 nitrogen and oxygen atoms in total. The summed E-state index contributed by atoms with van der Waals surface area (Å²) in [5.74, 6) is -0.0234. The van der Waals surface area contributed by atoms with Crippen LogP contribution < -0.4 is 9.44 Å². The third kappa shape index (κ3) is 3.88. The van der Waals surface area contributed by atoms with Gasteiger partial charge in [0.25, 0.3) is 10.2 Å². The molecule has 0 saturated carbocycles. The van der Waals surface area contributed by atoms with Crippen molar-refractivity contribution in [1.82, 2.24) is 4.72 Å². The van der Waals surface area contributed by atoms with Crippen molar-refractivity contribution >= 4 is 27.5 Å². The monoisotopic (exact) mass is 264 g/mol. The van der Waals surface area contributed by atoms with Crippen LogP contribution in [0.15, 0.2) is 18.2 Å². The number of hydrogen-bond acceptors (Lipinski definition) is 3. The molecular weight excluding hydrogens is 252 g/mol. The third-order valence-electron chi connectivity index (χ3n) is 1.59. The Hall–Kier alpha value is -0.980. The number of hydrogen-bond donors (Lipinski definition) is 3. The standard InChI is InChI=1S/C9H13ClN2O3S/c1-6(2)11-16(14,15)12-9-4-3-7(13)5-8(9)10/h3-6,11-13H,1-2H3. The van der Waals surface area contributed by atoms with Gasteiger partial charge in [-0.1, -0.05) is 11.6 Å². The zero-order valence-corrected chi connectivity index (χ0v) is 10.4. The number of phenols is 1. The summed E-state index contributed by atoms with van der Waals surface area (Å²) in [5.41, 5.74) is 0.215. The Kier molecular flexibility index (Phi) is 4.01. The van der Waals surface area contributed by atoms with Crippen LogP contribution >= 0.6 is 11.6 Å². The Morgan fingerprint density at radius 1 is 1.38 bits per heavy atom. The summed E-state index contributed by atoms with van der Waals surface area (Å²) in [7, 11) is -3.64. The van der Waals surface area contributed by atoms with Crippen molar-refractivity contribution < 1.29 is 13.5 Å². The Morgan fingerprint density at radius 3 is 2.50 bits per heavy atom. The highest BCUT2D eigenvalue weighted by Crippen LogP contribution is 2.26. The van der Waals surface area contributed by atoms with Gasteiger partial charge in [-0.05, 0) is 26.0 Å². The van der Waals surface area contributed by atoms with Gasteiger partial charge in [0.2, 0.25) is 0 Å². The molecule has 0 spiro atoms. The number of rotatable bonds is 4. The summed E-state index contributed by atoms with van der Waals surface area (Å²) in [6, 6.07) is 3.78. The second kappa shape index (κ2) is 4.90. The second-order valence-corrected chi connectivity index (χ2v) is 5.40. The Labute approximate surface area is 99.6 Å². The molecule has 0 fully saturated rings. The van der Waals surface area contributed by atoms with E-state index in [1.54, 1.807) is 13.8 Å². The van der Waals surface area contributed by atoms with E-state index in [2.05, 4.69) is 9.44 Å². The number of nitrogens with one attached hydrogen (secondary N) is 2. The molecule has 1 aromatic rings. The maximum Gasteiger partial charge on any atom is 0.299 e. The smallest absolute Gasteiger partial charge is 0.299 e. The first-order chi connectivity index (χ1) is 7.30. The summed E-state index contributed by atoms with van der Waals surface area (Å²) in [5, 5.41) is 9.24. The van der Waals surface area contributed by atoms with Gasteiger partial charge in [0.05, 0.1) is 10.7 Å². The normalized spacial score (nSPS) is 11.8. The quantitative estimate of drug-likeness (QED) is 0.725. The molecule has 0 aliphatic carbocycles. The summed E-state index contributed by atoms with van der Waals surface area (Å²) in [6.45, 7) is 3.41. The van der Waals surface area contributed by atoms with Crippen molar-refractivity contribution in [2.45, 2.75) is 19.9 Å². The van der Waals surface area contributed by atoms with Crippen LogP contribution in [0.3, 0.4) is 0 Å². The molecule has 1 aromatic carbocycles. The lowest BCUT2D eigenvalue weighted by atomic mass is 10.3. The Morgan fingerprint density at radius 2 is 2.00 bits per heavy atom. The molecule has 0 radical (unpaired) electrons. The first-order valence-corrected chi connectivity index (χ1v) is 6.45. The average molecular weight is 265 g/mol. The lowest BCUT2D eigenvalue weighted by molar-refractivity contribution is 0.475. The number of anilines is 1. The van der Waals surface area contributed by atoms with Gasteiger partial charge in [0.1, 0.15) is 5.75 Å². The zero-order chi connectivity index (χ0) is 12.3. The molecule has 1 rings (SSSR count). The van der Waals surface area contributed by atoms with Crippen molar-refractivity contribution in [2.24, 2.45) is 0 Å². The lowest BCUT2D eigenvalue weighted by Gasteiger charge is -2.12. The minimum Gasteiger partial charge on any atom is -0.508 e. The van der Waals surface area contributed by atoms with E-state index in [0.717, 1.165) is 0 Å². The Balaban J connectivity index is 2.88. The van der Waals surface area contributed by atoms with Crippen LogP contribution in [0.25, 0.3) is 0 Å². The highest BCUT2D eigenvalue weighted by molar-refractivity contribution is 7.90. The molecular formula is C9H13ClN2O3S. The van der Waals surface area contributed by atoms with E-state index in [0.29, 0.717) is 0 Å². The van der Waals surface area contributed by atoms with Crippen LogP contribution in [0.4, 0.5) is 5.69 Å². The van der Waals surface area contributed by atoms with E-state index in [9.17, 15) is 8.42 Å². The molecule has 0 bridgehead atoms. The topological polar surface area (TPSA) is 78.4 Å². The van der Waals surface area contributed by atoms with Crippen LogP contribution in [-0.4, -0.2) is 19.6 Å². The van der Waals surface area contributed by atoms with E-state index in [4.69, 9.17) is 16.7 Å². The highest BCUT2D eigenvalue weighted by atomic mass is 35.5. The van der Waals surface area contributed by atoms with Crippen molar-refractivity contribution in [2.75, 3.05) is 4.72 Å². The first-order valence-electron chi connectivity index (χ1n) is 4.59. The third-order valence-corrected chi connectivity index (χ3v) is 3.17. The van der Waals surface area contributed by atoms with Gasteiger partial charge in [-0.25, -0.2) is 0 Å². The fraction of sp³-hybridized carbons (Fsp3) is 0.333. The van der Waals surface area contributed by atoms with E-state index in [1.165, 1.54) is 18.2 Å². The van der Waals surface area contributed by atoms with Gasteiger partial charge >= 0.3 is 0 Å². The van der Waals surface area contributed by atoms with Crippen LogP contribution in [-0.2, 0) is 10.2 Å². The minimum atomic E-state index is -3.64. The number of aromatic hydroxyl groups is 1. The van der Waals surface area contributed by atoms with Crippen molar-refractivity contribution in [3.8, 4) is 5.75 Å². The molecule has 0 heterocycles. The minimum absolute atomic E-state index is 0.0234. The average Bonchev–Trinajstić information content (AvgIpc) is 2.07. The van der Waals surface area contributed by atoms with Gasteiger partial charge in [0.15, 0.2) is 0 Å². The molecule has 16 heavy (non-hydrogen) atoms. The fourth-order valence-electron chi connectivity index (χ4n) is 1.07. The molecule has 0 aliphatic heterocycles. The molecule has 0 atom stereocenters. The maximum absolute atomic E-state index is 11.5. The van der Waals surface area contributed by atoms with Gasteiger partial charge in [-0.2, -0.15) is 13.1 Å². The lowest BCUT2D eigenvalue weighted by Crippen LogP contribution is -2.35. The predicted octanol–water partition coefficient (Wildman–Crippen LogP) is 1.70. The van der Waals surface area contributed by atoms with Crippen LogP contribution in [0.5, 0.6) is 5.75 Å². The molecule has 0 saturated heterocycles. The van der Waals surface area contributed by atoms with E-state index >= 15 is 0 Å². The largest absolute Gasteiger partial charge is 0.508 e. The highest BCUT2D eigenvalue weighted by Gasteiger charge is 2.13. The predicted molar refractivity (Wildman–Crippen MR) is 63.9 cm³/mol. The Bertz CT molecular complexity index is 474. The fourth-order valence-corrected chi connectivity index (χ4v) is 2.50. The van der Waals surface area contributed by atoms with Crippen molar-refractivity contribution in [3.05, 3.63) is 23.2 Å². The maximum atomic E-state index is 11.5. The van der Waals surface area contributed by atoms with Gasteiger partial charge < -0.3 is 5.11 Å². The van der Waals surface area contributed by atoms with Crippen molar-refractivity contribution in [1.29, 1.82) is 0 Å². The van der Waals surface area contributed by atoms with E-state index in [1.807, 2.05) is 0 Å². The molecule has 7 heteroatoms. The molecule has 0 unspecified atom stereocenters. The number of benzene rings is 1. The SMILES string of the molecule is CC(C)NS(=O)(=O)Nc1ccc(O)cc1Cl. The summed E-state index contributed by atoms with van der Waals surface area (Å²) < 4.78 is 27.6. The molecule has 0 aromatic heterocycles. The van der Waals surface area contributed by atoms with Crippen LogP contribution in [0.1, 0.15) is 13.8 Å². The van der Waals surface area contributed by atoms with E-state index in [-0.39, 0.29) is 22.5 Å². The first kappa shape index (κ1) is 13.1. The van der Waals surface area contributed by atoms with E-state index < -0.39 is 10.2 Å². The van der Waals surface area contributed by atoms with Crippen LogP contribution in [0, 0.1) is 0 Å². The summed E-state index contributed by atoms with van der Waals surface area (Å²) in [4.78, 5) is 0. The number of halogens is 1.